The van der Waals surface area contributed by atoms with Gasteiger partial charge in [0.25, 0.3) is 0 Å². The van der Waals surface area contributed by atoms with E-state index >= 15 is 0 Å². The molecular weight excluding hydrogens is 410 g/mol. The molecule has 3 heterocycles. The van der Waals surface area contributed by atoms with Crippen LogP contribution in [0.4, 0.5) is 8.78 Å². The molecule has 0 aliphatic heterocycles. The van der Waals surface area contributed by atoms with Crippen LogP contribution < -0.4 is 0 Å². The highest BCUT2D eigenvalue weighted by Gasteiger charge is 2.32. The molecule has 0 saturated heterocycles. The summed E-state index contributed by atoms with van der Waals surface area (Å²) in [6.07, 6.45) is 3.43. The highest BCUT2D eigenvalue weighted by molar-refractivity contribution is 5.95. The molecule has 0 unspecified atom stereocenters. The topological polar surface area (TPSA) is 56.7 Å². The first kappa shape index (κ1) is 18.9. The van der Waals surface area contributed by atoms with E-state index in [-0.39, 0.29) is 11.9 Å². The number of hydrogen-bond donors (Lipinski definition) is 0. The van der Waals surface area contributed by atoms with Crippen molar-refractivity contribution in [1.82, 2.24) is 19.7 Å². The van der Waals surface area contributed by atoms with Gasteiger partial charge in [-0.1, -0.05) is 30.3 Å². The molecule has 7 heteroatoms. The van der Waals surface area contributed by atoms with E-state index in [0.29, 0.717) is 35.7 Å². The summed E-state index contributed by atoms with van der Waals surface area (Å²) in [4.78, 5) is 8.85. The summed E-state index contributed by atoms with van der Waals surface area (Å²) in [6, 6.07) is 17.9. The molecule has 3 aromatic heterocycles. The highest BCUT2D eigenvalue weighted by atomic mass is 19.1. The summed E-state index contributed by atoms with van der Waals surface area (Å²) in [6.45, 7) is 0. The Bertz CT molecular complexity index is 1400. The monoisotopic (exact) mass is 428 g/mol. The van der Waals surface area contributed by atoms with E-state index < -0.39 is 6.17 Å². The molecule has 1 aliphatic carbocycles. The molecule has 0 N–H and O–H groups in total. The minimum Gasteiger partial charge on any atom is -0.438 e. The van der Waals surface area contributed by atoms with E-state index in [1.807, 2.05) is 42.6 Å². The number of hydrogen-bond acceptors (Lipinski definition) is 4. The molecule has 2 aromatic carbocycles. The van der Waals surface area contributed by atoms with Gasteiger partial charge in [0.1, 0.15) is 29.8 Å². The zero-order valence-corrected chi connectivity index (χ0v) is 17.0. The predicted molar refractivity (Wildman–Crippen MR) is 117 cm³/mol. The maximum atomic E-state index is 13.5. The van der Waals surface area contributed by atoms with Gasteiger partial charge in [0.05, 0.1) is 17.1 Å². The molecule has 5 nitrogen and oxygen atoms in total. The molecule has 0 bridgehead atoms. The number of halogens is 2. The van der Waals surface area contributed by atoms with Gasteiger partial charge in [0.15, 0.2) is 0 Å². The summed E-state index contributed by atoms with van der Waals surface area (Å²) < 4.78 is 34.8. The average molecular weight is 428 g/mol. The number of nitrogens with zero attached hydrogens (tertiary/aromatic N) is 4. The number of aromatic nitrogens is 4. The third-order valence-electron chi connectivity index (χ3n) is 5.92. The van der Waals surface area contributed by atoms with Crippen molar-refractivity contribution in [3.63, 3.8) is 0 Å². The Kier molecular flexibility index (Phi) is 4.35. The fraction of sp³-hybridized carbons (Fsp3) is 0.160. The van der Waals surface area contributed by atoms with Crippen LogP contribution in [0, 0.1) is 5.82 Å². The Labute approximate surface area is 182 Å². The van der Waals surface area contributed by atoms with Gasteiger partial charge < -0.3 is 4.42 Å². The van der Waals surface area contributed by atoms with Gasteiger partial charge in [-0.05, 0) is 30.3 Å². The maximum absolute atomic E-state index is 13.5. The Morgan fingerprint density at radius 2 is 1.69 bits per heavy atom. The molecule has 0 spiro atoms. The van der Waals surface area contributed by atoms with Crippen LogP contribution in [0.3, 0.4) is 0 Å². The Morgan fingerprint density at radius 1 is 0.906 bits per heavy atom. The van der Waals surface area contributed by atoms with Crippen LogP contribution in [-0.2, 0) is 0 Å². The zero-order chi connectivity index (χ0) is 21.7. The summed E-state index contributed by atoms with van der Waals surface area (Å²) >= 11 is 0. The van der Waals surface area contributed by atoms with Crippen LogP contribution in [-0.4, -0.2) is 25.9 Å². The van der Waals surface area contributed by atoms with Crippen molar-refractivity contribution in [2.75, 3.05) is 0 Å². The maximum Gasteiger partial charge on any atom is 0.230 e. The molecule has 1 aliphatic rings. The molecule has 32 heavy (non-hydrogen) atoms. The number of fused-ring (bicyclic) bond motifs is 1. The Balaban J connectivity index is 1.52. The van der Waals surface area contributed by atoms with E-state index in [0.717, 1.165) is 22.1 Å². The van der Waals surface area contributed by atoms with E-state index in [1.54, 1.807) is 16.8 Å². The van der Waals surface area contributed by atoms with Gasteiger partial charge in [-0.3, -0.25) is 4.68 Å². The van der Waals surface area contributed by atoms with Crippen LogP contribution >= 0.6 is 0 Å². The molecule has 0 radical (unpaired) electrons. The van der Waals surface area contributed by atoms with Crippen molar-refractivity contribution in [2.45, 2.75) is 25.1 Å². The number of furan rings is 1. The SMILES string of the molecule is Fc1ccc(-c2nn(C3CC(F)C3)cc2-c2ncnc3oc(-c4ccccc4)cc23)cc1. The van der Waals surface area contributed by atoms with Gasteiger partial charge in [-0.25, -0.2) is 18.7 Å². The first-order valence-electron chi connectivity index (χ1n) is 10.5. The van der Waals surface area contributed by atoms with Gasteiger partial charge in [0.2, 0.25) is 5.71 Å². The van der Waals surface area contributed by atoms with Crippen molar-refractivity contribution in [2.24, 2.45) is 0 Å². The lowest BCUT2D eigenvalue weighted by Crippen LogP contribution is -2.28. The second-order valence-corrected chi connectivity index (χ2v) is 8.02. The normalized spacial score (nSPS) is 18.1. The van der Waals surface area contributed by atoms with Gasteiger partial charge in [0, 0.05) is 35.7 Å². The predicted octanol–water partition coefficient (Wildman–Crippen LogP) is 6.23. The summed E-state index contributed by atoms with van der Waals surface area (Å²) in [7, 11) is 0. The summed E-state index contributed by atoms with van der Waals surface area (Å²) in [5.41, 5.74) is 4.27. The minimum absolute atomic E-state index is 0.000458. The van der Waals surface area contributed by atoms with Crippen molar-refractivity contribution in [3.05, 3.63) is 79.0 Å². The number of alkyl halides is 1. The van der Waals surface area contributed by atoms with Crippen LogP contribution in [0.1, 0.15) is 18.9 Å². The summed E-state index contributed by atoms with van der Waals surface area (Å²) in [5.74, 6) is 0.373. The number of benzene rings is 2. The van der Waals surface area contributed by atoms with Crippen molar-refractivity contribution in [1.29, 1.82) is 0 Å². The van der Waals surface area contributed by atoms with Crippen molar-refractivity contribution < 1.29 is 13.2 Å². The molecule has 1 fully saturated rings. The highest BCUT2D eigenvalue weighted by Crippen LogP contribution is 2.40. The number of rotatable bonds is 4. The lowest BCUT2D eigenvalue weighted by molar-refractivity contribution is 0.128. The van der Waals surface area contributed by atoms with E-state index in [2.05, 4.69) is 9.97 Å². The molecule has 5 aromatic rings. The molecule has 0 atom stereocenters. The van der Waals surface area contributed by atoms with Crippen LogP contribution in [0.15, 0.2) is 77.6 Å². The van der Waals surface area contributed by atoms with E-state index in [9.17, 15) is 8.78 Å². The lowest BCUT2D eigenvalue weighted by atomic mass is 9.91. The second kappa shape index (κ2) is 7.37. The average Bonchev–Trinajstić information content (AvgIpc) is 3.43. The van der Waals surface area contributed by atoms with E-state index in [1.165, 1.54) is 18.5 Å². The lowest BCUT2D eigenvalue weighted by Gasteiger charge is -2.29. The Hall–Kier alpha value is -3.87. The third-order valence-corrected chi connectivity index (χ3v) is 5.92. The Morgan fingerprint density at radius 3 is 2.44 bits per heavy atom. The molecule has 0 amide bonds. The fourth-order valence-electron chi connectivity index (χ4n) is 4.13. The largest absolute Gasteiger partial charge is 0.438 e. The smallest absolute Gasteiger partial charge is 0.230 e. The van der Waals surface area contributed by atoms with Gasteiger partial charge >= 0.3 is 0 Å². The third kappa shape index (κ3) is 3.17. The van der Waals surface area contributed by atoms with E-state index in [4.69, 9.17) is 9.52 Å². The molecule has 158 valence electrons. The quantitative estimate of drug-likeness (QED) is 0.340. The molecule has 1 saturated carbocycles. The first-order chi connectivity index (χ1) is 15.7. The van der Waals surface area contributed by atoms with Crippen LogP contribution in [0.2, 0.25) is 0 Å². The van der Waals surface area contributed by atoms with Crippen LogP contribution in [0.5, 0.6) is 0 Å². The van der Waals surface area contributed by atoms with Gasteiger partial charge in [-0.15, -0.1) is 0 Å². The molecular formula is C25H18F2N4O. The summed E-state index contributed by atoms with van der Waals surface area (Å²) in [5, 5.41) is 5.51. The zero-order valence-electron chi connectivity index (χ0n) is 17.0. The van der Waals surface area contributed by atoms with Crippen LogP contribution in [0.25, 0.3) is 44.9 Å². The molecule has 6 rings (SSSR count). The second-order valence-electron chi connectivity index (χ2n) is 8.02. The fourth-order valence-corrected chi connectivity index (χ4v) is 4.13. The first-order valence-corrected chi connectivity index (χ1v) is 10.5. The van der Waals surface area contributed by atoms with Crippen molar-refractivity contribution >= 4 is 11.1 Å². The van der Waals surface area contributed by atoms with Crippen molar-refractivity contribution in [3.8, 4) is 33.8 Å². The standard InChI is InChI=1S/C25H18F2N4O/c26-17-8-6-16(7-9-17)23-21(13-31(30-23)19-10-18(27)11-19)24-20-12-22(15-4-2-1-3-5-15)32-25(20)29-14-28-24/h1-9,12-14,18-19H,10-11H2. The van der Waals surface area contributed by atoms with Gasteiger partial charge in [-0.2, -0.15) is 5.10 Å². The minimum atomic E-state index is -0.796.